The Morgan fingerprint density at radius 3 is 2.46 bits per heavy atom. The molecule has 0 saturated carbocycles. The number of nitrogens with one attached hydrogen (secondary N) is 2. The summed E-state index contributed by atoms with van der Waals surface area (Å²) in [5, 5.41) is 2.47. The van der Waals surface area contributed by atoms with E-state index < -0.39 is 27.8 Å². The molecule has 0 heterocycles. The van der Waals surface area contributed by atoms with E-state index in [0.29, 0.717) is 5.69 Å². The summed E-state index contributed by atoms with van der Waals surface area (Å²) in [6.07, 6.45) is 0. The molecule has 26 heavy (non-hydrogen) atoms. The minimum Gasteiger partial charge on any atom is -0.383 e. The number of ether oxygens (including phenoxy) is 1. The second-order valence-corrected chi connectivity index (χ2v) is 7.67. The first-order valence-electron chi connectivity index (χ1n) is 7.61. The van der Waals surface area contributed by atoms with Gasteiger partial charge in [0.1, 0.15) is 5.82 Å². The molecule has 1 atom stereocenters. The molecule has 0 saturated heterocycles. The maximum absolute atomic E-state index is 13.8. The Morgan fingerprint density at radius 2 is 1.88 bits per heavy atom. The highest BCUT2D eigenvalue weighted by Crippen LogP contribution is 2.21. The molecule has 1 amide bonds. The van der Waals surface area contributed by atoms with E-state index in [9.17, 15) is 17.6 Å². The van der Waals surface area contributed by atoms with Gasteiger partial charge in [0.2, 0.25) is 10.0 Å². The summed E-state index contributed by atoms with van der Waals surface area (Å²) < 4.78 is 45.6. The number of halogens is 2. The Hall–Kier alpha value is -2.00. The summed E-state index contributed by atoms with van der Waals surface area (Å²) in [6, 6.07) is 9.01. The maximum Gasteiger partial charge on any atom is 0.260 e. The molecule has 0 aromatic heterocycles. The third-order valence-corrected chi connectivity index (χ3v) is 5.31. The van der Waals surface area contributed by atoms with Crippen LogP contribution in [0.3, 0.4) is 0 Å². The monoisotopic (exact) mass is 400 g/mol. The Bertz CT molecular complexity index is 868. The first-order valence-corrected chi connectivity index (χ1v) is 9.47. The van der Waals surface area contributed by atoms with E-state index in [-0.39, 0.29) is 22.1 Å². The number of hydrogen-bond donors (Lipinski definition) is 2. The van der Waals surface area contributed by atoms with Crippen LogP contribution in [0.1, 0.15) is 17.3 Å². The van der Waals surface area contributed by atoms with Gasteiger partial charge >= 0.3 is 0 Å². The fourth-order valence-electron chi connectivity index (χ4n) is 2.24. The molecule has 140 valence electrons. The fraction of sp³-hybridized carbons (Fsp3) is 0.235. The average molecular weight is 401 g/mol. The number of benzene rings is 2. The lowest BCUT2D eigenvalue weighted by Crippen LogP contribution is -2.35. The van der Waals surface area contributed by atoms with Crippen molar-refractivity contribution >= 4 is 33.2 Å². The van der Waals surface area contributed by atoms with Gasteiger partial charge in [0.15, 0.2) is 0 Å². The van der Waals surface area contributed by atoms with Crippen LogP contribution in [-0.2, 0) is 14.8 Å². The molecule has 0 spiro atoms. The summed E-state index contributed by atoms with van der Waals surface area (Å²) in [7, 11) is -2.24. The minimum atomic E-state index is -3.72. The predicted octanol–water partition coefficient (Wildman–Crippen LogP) is 3.04. The molecule has 1 unspecified atom stereocenters. The van der Waals surface area contributed by atoms with E-state index in [0.717, 1.165) is 6.07 Å². The van der Waals surface area contributed by atoms with Crippen LogP contribution in [0.15, 0.2) is 47.4 Å². The van der Waals surface area contributed by atoms with E-state index in [1.54, 1.807) is 6.92 Å². The quantitative estimate of drug-likeness (QED) is 0.748. The van der Waals surface area contributed by atoms with Crippen molar-refractivity contribution in [1.82, 2.24) is 4.72 Å². The highest BCUT2D eigenvalue weighted by atomic mass is 35.5. The van der Waals surface area contributed by atoms with Crippen LogP contribution in [0.4, 0.5) is 10.1 Å². The lowest BCUT2D eigenvalue weighted by Gasteiger charge is -2.13. The van der Waals surface area contributed by atoms with Gasteiger partial charge < -0.3 is 10.1 Å². The molecule has 0 bridgehead atoms. The average Bonchev–Trinajstić information content (AvgIpc) is 2.55. The molecule has 9 heteroatoms. The summed E-state index contributed by atoms with van der Waals surface area (Å²) in [5.41, 5.74) is 0.0270. The standard InChI is InChI=1S/C17H18ClFN2O4S/c1-11(10-25-2)21-26(23,24)13-8-6-12(7-9-13)20-17(22)16-14(18)4-3-5-15(16)19/h3-9,11,21H,10H2,1-2H3,(H,20,22). The normalized spacial score (nSPS) is 12.6. The minimum absolute atomic E-state index is 0.0157. The molecule has 0 radical (unpaired) electrons. The first kappa shape index (κ1) is 20.3. The summed E-state index contributed by atoms with van der Waals surface area (Å²) in [5.74, 6) is -1.47. The van der Waals surface area contributed by atoms with Gasteiger partial charge in [-0.1, -0.05) is 17.7 Å². The van der Waals surface area contributed by atoms with Crippen molar-refractivity contribution in [3.05, 3.63) is 58.9 Å². The summed E-state index contributed by atoms with van der Waals surface area (Å²) in [4.78, 5) is 12.2. The van der Waals surface area contributed by atoms with E-state index in [2.05, 4.69) is 10.0 Å². The van der Waals surface area contributed by atoms with Gasteiger partial charge in [-0.15, -0.1) is 0 Å². The lowest BCUT2D eigenvalue weighted by atomic mass is 10.2. The number of rotatable bonds is 7. The van der Waals surface area contributed by atoms with Gasteiger partial charge in [0.25, 0.3) is 5.91 Å². The number of carbonyl (C=O) groups is 1. The SMILES string of the molecule is COCC(C)NS(=O)(=O)c1ccc(NC(=O)c2c(F)cccc2Cl)cc1. The first-order chi connectivity index (χ1) is 12.2. The van der Waals surface area contributed by atoms with Crippen molar-refractivity contribution in [3.8, 4) is 0 Å². The number of sulfonamides is 1. The van der Waals surface area contributed by atoms with Crippen LogP contribution in [0.5, 0.6) is 0 Å². The van der Waals surface area contributed by atoms with Crippen molar-refractivity contribution < 1.29 is 22.3 Å². The Kier molecular flexibility index (Phi) is 6.71. The Balaban J connectivity index is 2.13. The van der Waals surface area contributed by atoms with Crippen molar-refractivity contribution in [2.75, 3.05) is 19.0 Å². The fourth-order valence-corrected chi connectivity index (χ4v) is 3.72. The number of amides is 1. The molecule has 0 aliphatic rings. The summed E-state index contributed by atoms with van der Waals surface area (Å²) >= 11 is 5.85. The molecule has 2 rings (SSSR count). The van der Waals surface area contributed by atoms with E-state index in [4.69, 9.17) is 16.3 Å². The molecular formula is C17H18ClFN2O4S. The van der Waals surface area contributed by atoms with Crippen molar-refractivity contribution in [2.24, 2.45) is 0 Å². The number of carbonyl (C=O) groups excluding carboxylic acids is 1. The predicted molar refractivity (Wildman–Crippen MR) is 97.5 cm³/mol. The topological polar surface area (TPSA) is 84.5 Å². The molecule has 2 aromatic carbocycles. The van der Waals surface area contributed by atoms with Crippen molar-refractivity contribution in [2.45, 2.75) is 17.9 Å². The van der Waals surface area contributed by atoms with Crippen LogP contribution >= 0.6 is 11.6 Å². The lowest BCUT2D eigenvalue weighted by molar-refractivity contribution is 0.102. The Morgan fingerprint density at radius 1 is 1.23 bits per heavy atom. The van der Waals surface area contributed by atoms with Gasteiger partial charge in [-0.05, 0) is 43.3 Å². The zero-order valence-corrected chi connectivity index (χ0v) is 15.7. The largest absolute Gasteiger partial charge is 0.383 e. The van der Waals surface area contributed by atoms with Crippen LogP contribution in [-0.4, -0.2) is 34.1 Å². The Labute approximate surface area is 156 Å². The van der Waals surface area contributed by atoms with Gasteiger partial charge in [0, 0.05) is 18.8 Å². The molecule has 0 fully saturated rings. The van der Waals surface area contributed by atoms with Crippen LogP contribution in [0.25, 0.3) is 0 Å². The van der Waals surface area contributed by atoms with Gasteiger partial charge in [-0.2, -0.15) is 0 Å². The zero-order chi connectivity index (χ0) is 19.3. The second-order valence-electron chi connectivity index (χ2n) is 5.55. The van der Waals surface area contributed by atoms with Crippen molar-refractivity contribution in [3.63, 3.8) is 0 Å². The van der Waals surface area contributed by atoms with E-state index in [1.165, 1.54) is 43.5 Å². The van der Waals surface area contributed by atoms with E-state index in [1.807, 2.05) is 0 Å². The molecular weight excluding hydrogens is 383 g/mol. The van der Waals surface area contributed by atoms with Gasteiger partial charge in [-0.25, -0.2) is 17.5 Å². The van der Waals surface area contributed by atoms with E-state index >= 15 is 0 Å². The molecule has 2 N–H and O–H groups in total. The highest BCUT2D eigenvalue weighted by molar-refractivity contribution is 7.89. The third-order valence-electron chi connectivity index (χ3n) is 3.39. The molecule has 0 aliphatic heterocycles. The number of hydrogen-bond acceptors (Lipinski definition) is 4. The van der Waals surface area contributed by atoms with Crippen LogP contribution in [0.2, 0.25) is 5.02 Å². The van der Waals surface area contributed by atoms with Gasteiger partial charge in [-0.3, -0.25) is 4.79 Å². The van der Waals surface area contributed by atoms with Crippen LogP contribution < -0.4 is 10.0 Å². The molecule has 6 nitrogen and oxygen atoms in total. The smallest absolute Gasteiger partial charge is 0.260 e. The summed E-state index contributed by atoms with van der Waals surface area (Å²) in [6.45, 7) is 1.91. The van der Waals surface area contributed by atoms with Gasteiger partial charge in [0.05, 0.1) is 22.1 Å². The highest BCUT2D eigenvalue weighted by Gasteiger charge is 2.18. The zero-order valence-electron chi connectivity index (χ0n) is 14.1. The third kappa shape index (κ3) is 5.01. The number of anilines is 1. The maximum atomic E-state index is 13.8. The number of methoxy groups -OCH3 is 1. The second kappa shape index (κ2) is 8.59. The van der Waals surface area contributed by atoms with Crippen LogP contribution in [0, 0.1) is 5.82 Å². The molecule has 2 aromatic rings. The molecule has 0 aliphatic carbocycles. The van der Waals surface area contributed by atoms with Crippen molar-refractivity contribution in [1.29, 1.82) is 0 Å².